The molecule has 1 aliphatic heterocycles. The van der Waals surface area contributed by atoms with Crippen LogP contribution in [0.15, 0.2) is 45.0 Å². The first kappa shape index (κ1) is 31.3. The van der Waals surface area contributed by atoms with Gasteiger partial charge in [-0.1, -0.05) is 114 Å². The van der Waals surface area contributed by atoms with Gasteiger partial charge in [-0.3, -0.25) is 18.7 Å². The Bertz CT molecular complexity index is 1370. The van der Waals surface area contributed by atoms with E-state index in [9.17, 15) is 19.5 Å². The molecule has 0 radical (unpaired) electrons. The van der Waals surface area contributed by atoms with Gasteiger partial charge < -0.3 is 5.11 Å². The lowest BCUT2D eigenvalue weighted by atomic mass is 9.93. The Labute approximate surface area is 255 Å². The first-order valence-electron chi connectivity index (χ1n) is 17.1. The molecule has 3 aliphatic rings. The SMILES string of the molecule is CCCCCCCCCC(=O)N1N=C(c2c(O)n(C3CCCCC3)c(=O)n(C3CCCCC3)c2=O)CC1c1ccccc1. The molecular weight excluding hydrogens is 540 g/mol. The van der Waals surface area contributed by atoms with Crippen LogP contribution in [0, 0.1) is 0 Å². The summed E-state index contributed by atoms with van der Waals surface area (Å²) < 4.78 is 2.92. The number of hydrogen-bond acceptors (Lipinski definition) is 5. The quantitative estimate of drug-likeness (QED) is 0.258. The van der Waals surface area contributed by atoms with Crippen LogP contribution < -0.4 is 11.2 Å². The Morgan fingerprint density at radius 2 is 1.40 bits per heavy atom. The molecule has 2 fully saturated rings. The maximum atomic E-state index is 14.2. The second kappa shape index (κ2) is 15.0. The Morgan fingerprint density at radius 3 is 2.02 bits per heavy atom. The molecule has 0 bridgehead atoms. The van der Waals surface area contributed by atoms with Crippen LogP contribution >= 0.6 is 0 Å². The van der Waals surface area contributed by atoms with Crippen molar-refractivity contribution in [3.05, 3.63) is 62.3 Å². The Kier molecular flexibility index (Phi) is 10.9. The Balaban J connectivity index is 1.49. The number of benzene rings is 1. The fraction of sp³-hybridized carbons (Fsp3) is 0.657. The van der Waals surface area contributed by atoms with Crippen molar-refractivity contribution >= 4 is 11.6 Å². The van der Waals surface area contributed by atoms with Crippen LogP contribution in [-0.4, -0.2) is 30.9 Å². The number of carbonyl (C=O) groups is 1. The van der Waals surface area contributed by atoms with Crippen LogP contribution in [-0.2, 0) is 4.79 Å². The summed E-state index contributed by atoms with van der Waals surface area (Å²) in [5.41, 5.74) is 0.590. The summed E-state index contributed by atoms with van der Waals surface area (Å²) in [7, 11) is 0. The van der Waals surface area contributed by atoms with Crippen molar-refractivity contribution in [3.8, 4) is 5.88 Å². The van der Waals surface area contributed by atoms with Gasteiger partial charge in [0.25, 0.3) is 5.56 Å². The van der Waals surface area contributed by atoms with Gasteiger partial charge in [-0.05, 0) is 37.7 Å². The van der Waals surface area contributed by atoms with Crippen LogP contribution in [0.1, 0.15) is 158 Å². The molecule has 1 aromatic carbocycles. The molecule has 5 rings (SSSR count). The lowest BCUT2D eigenvalue weighted by Crippen LogP contribution is -2.46. The van der Waals surface area contributed by atoms with Crippen molar-refractivity contribution < 1.29 is 9.90 Å². The van der Waals surface area contributed by atoms with Crippen LogP contribution in [0.3, 0.4) is 0 Å². The lowest BCUT2D eigenvalue weighted by molar-refractivity contribution is -0.133. The van der Waals surface area contributed by atoms with Crippen molar-refractivity contribution in [2.24, 2.45) is 5.10 Å². The van der Waals surface area contributed by atoms with Gasteiger partial charge in [-0.25, -0.2) is 9.80 Å². The average Bonchev–Trinajstić information content (AvgIpc) is 3.47. The monoisotopic (exact) mass is 590 g/mol. The molecule has 8 heteroatoms. The number of unbranched alkanes of at least 4 members (excludes halogenated alkanes) is 6. The van der Waals surface area contributed by atoms with Crippen molar-refractivity contribution in [2.75, 3.05) is 0 Å². The first-order valence-corrected chi connectivity index (χ1v) is 17.1. The van der Waals surface area contributed by atoms with Crippen molar-refractivity contribution in [1.82, 2.24) is 14.1 Å². The van der Waals surface area contributed by atoms with Crippen LogP contribution in [0.5, 0.6) is 5.88 Å². The van der Waals surface area contributed by atoms with Gasteiger partial charge in [0.05, 0.1) is 11.8 Å². The van der Waals surface area contributed by atoms with Crippen molar-refractivity contribution in [2.45, 2.75) is 147 Å². The van der Waals surface area contributed by atoms with E-state index < -0.39 is 11.2 Å². The Hall–Kier alpha value is -3.16. The molecule has 0 saturated heterocycles. The molecule has 2 heterocycles. The molecule has 8 nitrogen and oxygen atoms in total. The fourth-order valence-corrected chi connectivity index (χ4v) is 7.39. The zero-order valence-corrected chi connectivity index (χ0v) is 26.0. The first-order chi connectivity index (χ1) is 21.0. The summed E-state index contributed by atoms with van der Waals surface area (Å²) in [5, 5.41) is 18.0. The summed E-state index contributed by atoms with van der Waals surface area (Å²) in [6.07, 6.45) is 17.9. The highest BCUT2D eigenvalue weighted by atomic mass is 16.3. The molecule has 1 aromatic heterocycles. The molecule has 1 unspecified atom stereocenters. The molecular formula is C35H50N4O4. The van der Waals surface area contributed by atoms with Gasteiger partial charge in [0.1, 0.15) is 5.56 Å². The molecule has 2 saturated carbocycles. The van der Waals surface area contributed by atoms with Crippen LogP contribution in [0.25, 0.3) is 0 Å². The number of hydrazone groups is 1. The van der Waals surface area contributed by atoms with Crippen molar-refractivity contribution in [1.29, 1.82) is 0 Å². The van der Waals surface area contributed by atoms with E-state index in [1.165, 1.54) is 34.8 Å². The van der Waals surface area contributed by atoms with Gasteiger partial charge in [0, 0.05) is 24.9 Å². The number of carbonyl (C=O) groups excluding carboxylic acids is 1. The van der Waals surface area contributed by atoms with Gasteiger partial charge in [-0.2, -0.15) is 5.10 Å². The topological polar surface area (TPSA) is 96.9 Å². The second-order valence-corrected chi connectivity index (χ2v) is 12.9. The fourth-order valence-electron chi connectivity index (χ4n) is 7.39. The smallest absolute Gasteiger partial charge is 0.334 e. The van der Waals surface area contributed by atoms with E-state index in [1.54, 1.807) is 5.01 Å². The average molecular weight is 591 g/mol. The summed E-state index contributed by atoms with van der Waals surface area (Å²) in [6, 6.07) is 9.14. The highest BCUT2D eigenvalue weighted by molar-refractivity contribution is 6.04. The summed E-state index contributed by atoms with van der Waals surface area (Å²) in [5.74, 6) is -0.342. The summed E-state index contributed by atoms with van der Waals surface area (Å²) >= 11 is 0. The zero-order chi connectivity index (χ0) is 30.2. The molecule has 2 aromatic rings. The molecule has 2 aliphatic carbocycles. The molecule has 43 heavy (non-hydrogen) atoms. The minimum atomic E-state index is -0.464. The maximum absolute atomic E-state index is 14.2. The molecule has 1 atom stereocenters. The largest absolute Gasteiger partial charge is 0.494 e. The highest BCUT2D eigenvalue weighted by Crippen LogP contribution is 2.37. The molecule has 234 valence electrons. The predicted molar refractivity (Wildman–Crippen MR) is 171 cm³/mol. The van der Waals surface area contributed by atoms with E-state index in [-0.39, 0.29) is 35.5 Å². The number of amides is 1. The van der Waals surface area contributed by atoms with E-state index in [2.05, 4.69) is 6.92 Å². The van der Waals surface area contributed by atoms with Crippen LogP contribution in [0.2, 0.25) is 0 Å². The van der Waals surface area contributed by atoms with E-state index in [0.29, 0.717) is 18.6 Å². The van der Waals surface area contributed by atoms with Crippen molar-refractivity contribution in [3.63, 3.8) is 0 Å². The van der Waals surface area contributed by atoms with Gasteiger partial charge in [0.2, 0.25) is 11.8 Å². The zero-order valence-electron chi connectivity index (χ0n) is 26.0. The number of hydrogen-bond donors (Lipinski definition) is 1. The summed E-state index contributed by atoms with van der Waals surface area (Å²) in [6.45, 7) is 2.21. The lowest BCUT2D eigenvalue weighted by Gasteiger charge is -2.29. The highest BCUT2D eigenvalue weighted by Gasteiger charge is 2.37. The van der Waals surface area contributed by atoms with E-state index in [0.717, 1.165) is 89.0 Å². The van der Waals surface area contributed by atoms with E-state index in [4.69, 9.17) is 5.10 Å². The number of rotatable bonds is 12. The Morgan fingerprint density at radius 1 is 0.814 bits per heavy atom. The summed E-state index contributed by atoms with van der Waals surface area (Å²) in [4.78, 5) is 41.7. The molecule has 1 N–H and O–H groups in total. The number of aromatic nitrogens is 2. The standard InChI is InChI=1S/C35H50N4O4/c1-2-3-4-5-6-7-17-24-31(40)39-30(26-18-11-8-12-19-26)25-29(36-39)32-33(41)37(27-20-13-9-14-21-27)35(43)38(34(32)42)28-22-15-10-16-23-28/h8,11-12,18-19,27-28,30,41H,2-7,9-10,13-17,20-25H2,1H3. The molecule has 0 spiro atoms. The van der Waals surface area contributed by atoms with E-state index >= 15 is 0 Å². The number of nitrogens with zero attached hydrogens (tertiary/aromatic N) is 4. The normalized spacial score (nSPS) is 20.0. The van der Waals surface area contributed by atoms with E-state index in [1.807, 2.05) is 30.3 Å². The minimum absolute atomic E-state index is 0.0647. The molecule has 1 amide bonds. The van der Waals surface area contributed by atoms with Gasteiger partial charge in [0.15, 0.2) is 0 Å². The minimum Gasteiger partial charge on any atom is -0.494 e. The second-order valence-electron chi connectivity index (χ2n) is 12.9. The predicted octanol–water partition coefficient (Wildman–Crippen LogP) is 7.54. The number of aromatic hydroxyl groups is 1. The maximum Gasteiger partial charge on any atom is 0.334 e. The van der Waals surface area contributed by atoms with Crippen LogP contribution in [0.4, 0.5) is 0 Å². The third kappa shape index (κ3) is 7.15. The van der Waals surface area contributed by atoms with Gasteiger partial charge in [-0.15, -0.1) is 0 Å². The van der Waals surface area contributed by atoms with Gasteiger partial charge >= 0.3 is 5.69 Å². The third-order valence-electron chi connectivity index (χ3n) is 9.81. The third-order valence-corrected chi connectivity index (χ3v) is 9.81.